The van der Waals surface area contributed by atoms with E-state index in [1.165, 1.54) is 19.2 Å². The highest BCUT2D eigenvalue weighted by atomic mass is 19.1. The van der Waals surface area contributed by atoms with E-state index >= 15 is 0 Å². The number of halogens is 1. The first-order valence-electron chi connectivity index (χ1n) is 4.58. The minimum absolute atomic E-state index is 0.114. The maximum absolute atomic E-state index is 13.4. The van der Waals surface area contributed by atoms with Crippen molar-refractivity contribution in [3.8, 4) is 0 Å². The molecule has 0 aliphatic carbocycles. The van der Waals surface area contributed by atoms with Gasteiger partial charge in [-0.3, -0.25) is 5.32 Å². The number of benzene rings is 1. The number of aliphatic carboxylic acids is 1. The summed E-state index contributed by atoms with van der Waals surface area (Å²) in [5.74, 6) is -1.81. The molecule has 1 amide bonds. The molecule has 1 aromatic carbocycles. The number of hydrogen-bond acceptors (Lipinski definition) is 3. The Balaban J connectivity index is 2.86. The van der Waals surface area contributed by atoms with Crippen molar-refractivity contribution in [2.24, 2.45) is 0 Å². The molecule has 0 saturated heterocycles. The number of methoxy groups -OCH3 is 1. The first kappa shape index (κ1) is 12.7. The van der Waals surface area contributed by atoms with Crippen LogP contribution >= 0.6 is 0 Å². The number of carbonyl (C=O) groups is 2. The lowest BCUT2D eigenvalue weighted by Gasteiger charge is -2.04. The molecule has 0 spiro atoms. The standard InChI is InChI=1S/C11H10FNO4/c1-17-11(16)13-8-4-2-7(9(12)6-8)3-5-10(14)15/h2-6H,1H3,(H,13,16)(H,14,15). The van der Waals surface area contributed by atoms with Crippen LogP contribution in [-0.4, -0.2) is 24.3 Å². The number of hydrogen-bond donors (Lipinski definition) is 2. The Hall–Kier alpha value is -2.37. The molecule has 1 rings (SSSR count). The van der Waals surface area contributed by atoms with Crippen LogP contribution < -0.4 is 5.32 Å². The van der Waals surface area contributed by atoms with E-state index in [2.05, 4.69) is 10.1 Å². The van der Waals surface area contributed by atoms with Gasteiger partial charge in [0.2, 0.25) is 0 Å². The maximum atomic E-state index is 13.4. The predicted molar refractivity (Wildman–Crippen MR) is 59.1 cm³/mol. The van der Waals surface area contributed by atoms with E-state index in [1.807, 2.05) is 0 Å². The van der Waals surface area contributed by atoms with Crippen LogP contribution in [0.4, 0.5) is 14.9 Å². The van der Waals surface area contributed by atoms with Crippen LogP contribution in [0.2, 0.25) is 0 Å². The van der Waals surface area contributed by atoms with Crippen molar-refractivity contribution in [2.45, 2.75) is 0 Å². The minimum atomic E-state index is -1.17. The van der Waals surface area contributed by atoms with Gasteiger partial charge in [-0.15, -0.1) is 0 Å². The van der Waals surface area contributed by atoms with E-state index in [-0.39, 0.29) is 11.3 Å². The molecular weight excluding hydrogens is 229 g/mol. The van der Waals surface area contributed by atoms with Crippen LogP contribution in [0.1, 0.15) is 5.56 Å². The molecule has 0 aliphatic rings. The van der Waals surface area contributed by atoms with Crippen LogP contribution in [0.15, 0.2) is 24.3 Å². The second kappa shape index (κ2) is 5.64. The smallest absolute Gasteiger partial charge is 0.411 e. The molecule has 17 heavy (non-hydrogen) atoms. The Kier molecular flexibility index (Phi) is 4.21. The topological polar surface area (TPSA) is 75.6 Å². The first-order chi connectivity index (χ1) is 8.02. The predicted octanol–water partition coefficient (Wildman–Crippen LogP) is 2.10. The first-order valence-corrected chi connectivity index (χ1v) is 4.58. The number of anilines is 1. The fourth-order valence-electron chi connectivity index (χ4n) is 1.07. The van der Waals surface area contributed by atoms with Gasteiger partial charge in [0.1, 0.15) is 5.82 Å². The zero-order valence-corrected chi connectivity index (χ0v) is 8.94. The molecule has 0 aliphatic heterocycles. The van der Waals surface area contributed by atoms with E-state index in [1.54, 1.807) is 0 Å². The Morgan fingerprint density at radius 1 is 1.47 bits per heavy atom. The van der Waals surface area contributed by atoms with Crippen molar-refractivity contribution in [1.82, 2.24) is 0 Å². The quantitative estimate of drug-likeness (QED) is 0.792. The third kappa shape index (κ3) is 3.94. The molecular formula is C11H10FNO4. The van der Waals surface area contributed by atoms with E-state index in [0.29, 0.717) is 0 Å². The summed E-state index contributed by atoms with van der Waals surface area (Å²) in [5, 5.41) is 10.7. The van der Waals surface area contributed by atoms with Crippen molar-refractivity contribution in [3.63, 3.8) is 0 Å². The molecule has 1 aromatic rings. The van der Waals surface area contributed by atoms with Crippen molar-refractivity contribution >= 4 is 23.8 Å². The number of carbonyl (C=O) groups excluding carboxylic acids is 1. The second-order valence-corrected chi connectivity index (χ2v) is 3.02. The van der Waals surface area contributed by atoms with Crippen LogP contribution in [0.3, 0.4) is 0 Å². The van der Waals surface area contributed by atoms with Crippen LogP contribution in [0, 0.1) is 5.82 Å². The molecule has 90 valence electrons. The largest absolute Gasteiger partial charge is 0.478 e. The molecule has 0 heterocycles. The monoisotopic (exact) mass is 239 g/mol. The zero-order chi connectivity index (χ0) is 12.8. The molecule has 0 saturated carbocycles. The third-order valence-corrected chi connectivity index (χ3v) is 1.84. The summed E-state index contributed by atoms with van der Waals surface area (Å²) < 4.78 is 17.8. The van der Waals surface area contributed by atoms with Gasteiger partial charge in [0, 0.05) is 17.3 Å². The Labute approximate surface area is 96.5 Å². The van der Waals surface area contributed by atoms with Crippen molar-refractivity contribution < 1.29 is 23.8 Å². The van der Waals surface area contributed by atoms with Gasteiger partial charge in [-0.05, 0) is 24.3 Å². The Morgan fingerprint density at radius 3 is 2.71 bits per heavy atom. The normalized spacial score (nSPS) is 10.2. The van der Waals surface area contributed by atoms with Crippen molar-refractivity contribution in [1.29, 1.82) is 0 Å². The van der Waals surface area contributed by atoms with E-state index in [4.69, 9.17) is 5.11 Å². The van der Waals surface area contributed by atoms with Gasteiger partial charge in [-0.1, -0.05) is 0 Å². The lowest BCUT2D eigenvalue weighted by atomic mass is 10.2. The molecule has 0 bridgehead atoms. The average molecular weight is 239 g/mol. The molecule has 0 unspecified atom stereocenters. The third-order valence-electron chi connectivity index (χ3n) is 1.84. The molecule has 5 nitrogen and oxygen atoms in total. The molecule has 6 heteroatoms. The van der Waals surface area contributed by atoms with E-state index in [0.717, 1.165) is 18.2 Å². The number of carboxylic acids is 1. The summed E-state index contributed by atoms with van der Waals surface area (Å²) >= 11 is 0. The van der Waals surface area contributed by atoms with E-state index < -0.39 is 17.9 Å². The molecule has 0 fully saturated rings. The summed E-state index contributed by atoms with van der Waals surface area (Å²) in [6.45, 7) is 0. The van der Waals surface area contributed by atoms with Gasteiger partial charge in [0.05, 0.1) is 7.11 Å². The van der Waals surface area contributed by atoms with Gasteiger partial charge in [0.25, 0.3) is 0 Å². The highest BCUT2D eigenvalue weighted by Crippen LogP contribution is 2.16. The number of ether oxygens (including phenoxy) is 1. The van der Waals surface area contributed by atoms with Crippen molar-refractivity contribution in [2.75, 3.05) is 12.4 Å². The van der Waals surface area contributed by atoms with Gasteiger partial charge >= 0.3 is 12.1 Å². The minimum Gasteiger partial charge on any atom is -0.478 e. The second-order valence-electron chi connectivity index (χ2n) is 3.02. The Bertz CT molecular complexity index is 471. The van der Waals surface area contributed by atoms with Crippen LogP contribution in [-0.2, 0) is 9.53 Å². The summed E-state index contributed by atoms with van der Waals surface area (Å²) in [5.41, 5.74) is 0.338. The van der Waals surface area contributed by atoms with E-state index in [9.17, 15) is 14.0 Å². The fourth-order valence-corrected chi connectivity index (χ4v) is 1.07. The number of rotatable bonds is 3. The fraction of sp³-hybridized carbons (Fsp3) is 0.0909. The maximum Gasteiger partial charge on any atom is 0.411 e. The lowest BCUT2D eigenvalue weighted by Crippen LogP contribution is -2.11. The lowest BCUT2D eigenvalue weighted by molar-refractivity contribution is -0.131. The summed E-state index contributed by atoms with van der Waals surface area (Å²) in [6.07, 6.45) is 1.24. The van der Waals surface area contributed by atoms with Gasteiger partial charge in [-0.25, -0.2) is 14.0 Å². The Morgan fingerprint density at radius 2 is 2.18 bits per heavy atom. The molecule has 0 aromatic heterocycles. The van der Waals surface area contributed by atoms with Gasteiger partial charge < -0.3 is 9.84 Å². The SMILES string of the molecule is COC(=O)Nc1ccc(C=CC(=O)O)c(F)c1. The zero-order valence-electron chi connectivity index (χ0n) is 8.94. The van der Waals surface area contributed by atoms with Gasteiger partial charge in [-0.2, -0.15) is 0 Å². The summed E-state index contributed by atoms with van der Waals surface area (Å²) in [6, 6.07) is 3.85. The van der Waals surface area contributed by atoms with Crippen LogP contribution in [0.25, 0.3) is 6.08 Å². The number of amides is 1. The highest BCUT2D eigenvalue weighted by molar-refractivity contribution is 5.86. The number of carboxylic acid groups (broad SMARTS) is 1. The van der Waals surface area contributed by atoms with Crippen molar-refractivity contribution in [3.05, 3.63) is 35.7 Å². The highest BCUT2D eigenvalue weighted by Gasteiger charge is 2.04. The molecule has 0 atom stereocenters. The molecule has 2 N–H and O–H groups in total. The summed E-state index contributed by atoms with van der Waals surface area (Å²) in [4.78, 5) is 21.1. The van der Waals surface area contributed by atoms with Crippen LogP contribution in [0.5, 0.6) is 0 Å². The summed E-state index contributed by atoms with van der Waals surface area (Å²) in [7, 11) is 1.19. The molecule has 0 radical (unpaired) electrons. The number of nitrogens with one attached hydrogen (secondary N) is 1. The van der Waals surface area contributed by atoms with Gasteiger partial charge in [0.15, 0.2) is 0 Å². The average Bonchev–Trinajstić information content (AvgIpc) is 2.27.